The second kappa shape index (κ2) is 6.30. The normalized spacial score (nSPS) is 23.1. The molecular weight excluding hydrogens is 264 g/mol. The van der Waals surface area contributed by atoms with Gasteiger partial charge in [0.05, 0.1) is 5.41 Å². The molecule has 1 saturated heterocycles. The summed E-state index contributed by atoms with van der Waals surface area (Å²) in [5.74, 6) is 0.488. The number of hydrogen-bond donors (Lipinski definition) is 2. The highest BCUT2D eigenvalue weighted by Gasteiger charge is 2.38. The van der Waals surface area contributed by atoms with Gasteiger partial charge in [-0.15, -0.1) is 0 Å². The van der Waals surface area contributed by atoms with Gasteiger partial charge in [-0.2, -0.15) is 0 Å². The monoisotopic (exact) mass is 282 g/mol. The third-order valence-corrected chi connectivity index (χ3v) is 3.76. The number of nitrogens with zero attached hydrogens (tertiary/aromatic N) is 2. The number of piperidine rings is 1. The minimum Gasteiger partial charge on any atom is -0.316 e. The van der Waals surface area contributed by atoms with E-state index in [0.717, 1.165) is 38.8 Å². The second-order valence-corrected chi connectivity index (χ2v) is 5.38. The van der Waals surface area contributed by atoms with Crippen LogP contribution in [-0.2, 0) is 4.79 Å². The molecule has 5 nitrogen and oxygen atoms in total. The van der Waals surface area contributed by atoms with Crippen molar-refractivity contribution in [3.05, 3.63) is 17.5 Å². The fraction of sp³-hybridized carbons (Fsp3) is 0.615. The number of hydrogen-bond acceptors (Lipinski definition) is 4. The quantitative estimate of drug-likeness (QED) is 0.831. The maximum absolute atomic E-state index is 12.5. The van der Waals surface area contributed by atoms with E-state index in [1.54, 1.807) is 6.07 Å². The summed E-state index contributed by atoms with van der Waals surface area (Å²) in [7, 11) is 0. The van der Waals surface area contributed by atoms with Crippen molar-refractivity contribution in [2.24, 2.45) is 5.41 Å². The molecule has 0 spiro atoms. The fourth-order valence-corrected chi connectivity index (χ4v) is 2.76. The molecule has 0 bridgehead atoms. The Balaban J connectivity index is 2.11. The third kappa shape index (κ3) is 3.42. The number of rotatable bonds is 4. The van der Waals surface area contributed by atoms with E-state index in [4.69, 9.17) is 11.6 Å². The molecule has 2 heterocycles. The molecule has 1 aliphatic rings. The molecule has 0 aromatic carbocycles. The molecule has 2 rings (SSSR count). The van der Waals surface area contributed by atoms with Gasteiger partial charge < -0.3 is 10.6 Å². The maximum Gasteiger partial charge on any atom is 0.233 e. The number of aromatic nitrogens is 2. The molecule has 1 aromatic heterocycles. The number of amides is 1. The number of carbonyl (C=O) groups excluding carboxylic acids is 1. The lowest BCUT2D eigenvalue weighted by molar-refractivity contribution is -0.127. The van der Waals surface area contributed by atoms with Crippen molar-refractivity contribution in [3.63, 3.8) is 0 Å². The molecule has 1 amide bonds. The first-order valence-electron chi connectivity index (χ1n) is 6.66. The van der Waals surface area contributed by atoms with Crippen LogP contribution in [0.1, 0.15) is 32.6 Å². The molecule has 1 aromatic rings. The van der Waals surface area contributed by atoms with Crippen molar-refractivity contribution >= 4 is 23.3 Å². The molecule has 0 saturated carbocycles. The molecule has 1 unspecified atom stereocenters. The molecule has 19 heavy (non-hydrogen) atoms. The second-order valence-electron chi connectivity index (χ2n) is 4.99. The Labute approximate surface area is 118 Å². The van der Waals surface area contributed by atoms with Crippen molar-refractivity contribution in [1.29, 1.82) is 0 Å². The van der Waals surface area contributed by atoms with Crippen molar-refractivity contribution < 1.29 is 4.79 Å². The highest BCUT2D eigenvalue weighted by molar-refractivity contribution is 6.29. The number of anilines is 1. The molecule has 1 fully saturated rings. The van der Waals surface area contributed by atoms with Crippen molar-refractivity contribution in [2.75, 3.05) is 18.4 Å². The predicted octanol–water partition coefficient (Wildman–Crippen LogP) is 2.24. The summed E-state index contributed by atoms with van der Waals surface area (Å²) in [6, 6.07) is 1.56. The van der Waals surface area contributed by atoms with Gasteiger partial charge in [-0.3, -0.25) is 4.79 Å². The number of nitrogens with one attached hydrogen (secondary N) is 2. The first-order chi connectivity index (χ1) is 9.16. The summed E-state index contributed by atoms with van der Waals surface area (Å²) < 4.78 is 0. The van der Waals surface area contributed by atoms with Crippen LogP contribution >= 0.6 is 11.6 Å². The van der Waals surface area contributed by atoms with Gasteiger partial charge in [0.25, 0.3) is 0 Å². The molecule has 0 aliphatic carbocycles. The van der Waals surface area contributed by atoms with Crippen LogP contribution in [0.15, 0.2) is 12.4 Å². The van der Waals surface area contributed by atoms with E-state index in [9.17, 15) is 4.79 Å². The molecule has 1 atom stereocenters. The Kier molecular flexibility index (Phi) is 4.71. The Morgan fingerprint density at radius 2 is 2.42 bits per heavy atom. The maximum atomic E-state index is 12.5. The van der Waals surface area contributed by atoms with Gasteiger partial charge in [-0.05, 0) is 25.8 Å². The Morgan fingerprint density at radius 1 is 1.58 bits per heavy atom. The summed E-state index contributed by atoms with van der Waals surface area (Å²) in [5, 5.41) is 6.51. The zero-order valence-corrected chi connectivity index (χ0v) is 11.8. The SMILES string of the molecule is CCCC1(C(=O)Nc2cc(Cl)ncn2)CCCNC1. The van der Waals surface area contributed by atoms with Crippen LogP contribution in [0.25, 0.3) is 0 Å². The first-order valence-corrected chi connectivity index (χ1v) is 7.04. The lowest BCUT2D eigenvalue weighted by Crippen LogP contribution is -2.48. The predicted molar refractivity (Wildman–Crippen MR) is 75.1 cm³/mol. The standard InChI is InChI=1S/C13H19ClN4O/c1-2-4-13(5-3-6-15-8-13)12(19)18-11-7-10(14)16-9-17-11/h7,9,15H,2-6,8H2,1H3,(H,16,17,18,19). The van der Waals surface area contributed by atoms with Gasteiger partial charge in [0, 0.05) is 12.6 Å². The summed E-state index contributed by atoms with van der Waals surface area (Å²) in [5.41, 5.74) is -0.329. The molecular formula is C13H19ClN4O. The van der Waals surface area contributed by atoms with Crippen LogP contribution in [0, 0.1) is 5.41 Å². The number of carbonyl (C=O) groups is 1. The summed E-state index contributed by atoms with van der Waals surface area (Å²) >= 11 is 5.80. The molecule has 1 aliphatic heterocycles. The molecule has 104 valence electrons. The van der Waals surface area contributed by atoms with Crippen LogP contribution in [0.3, 0.4) is 0 Å². The highest BCUT2D eigenvalue weighted by Crippen LogP contribution is 2.33. The largest absolute Gasteiger partial charge is 0.316 e. The van der Waals surface area contributed by atoms with Crippen LogP contribution in [0.4, 0.5) is 5.82 Å². The van der Waals surface area contributed by atoms with E-state index >= 15 is 0 Å². The number of halogens is 1. The van der Waals surface area contributed by atoms with Crippen LogP contribution in [0.2, 0.25) is 5.15 Å². The minimum atomic E-state index is -0.329. The van der Waals surface area contributed by atoms with Gasteiger partial charge in [0.1, 0.15) is 17.3 Å². The topological polar surface area (TPSA) is 66.9 Å². The molecule has 0 radical (unpaired) electrons. The van der Waals surface area contributed by atoms with E-state index in [2.05, 4.69) is 27.5 Å². The molecule has 6 heteroatoms. The Morgan fingerprint density at radius 3 is 3.05 bits per heavy atom. The average molecular weight is 283 g/mol. The van der Waals surface area contributed by atoms with Gasteiger partial charge in [0.2, 0.25) is 5.91 Å². The third-order valence-electron chi connectivity index (χ3n) is 3.56. The summed E-state index contributed by atoms with van der Waals surface area (Å²) in [6.45, 7) is 3.81. The molecule has 2 N–H and O–H groups in total. The lowest BCUT2D eigenvalue weighted by Gasteiger charge is -2.36. The zero-order chi connectivity index (χ0) is 13.7. The summed E-state index contributed by atoms with van der Waals surface area (Å²) in [4.78, 5) is 20.4. The average Bonchev–Trinajstić information content (AvgIpc) is 2.40. The van der Waals surface area contributed by atoms with E-state index in [0.29, 0.717) is 11.0 Å². The van der Waals surface area contributed by atoms with Crippen molar-refractivity contribution in [3.8, 4) is 0 Å². The Hall–Kier alpha value is -1.20. The van der Waals surface area contributed by atoms with Gasteiger partial charge in [-0.25, -0.2) is 9.97 Å². The Bertz CT molecular complexity index is 441. The van der Waals surface area contributed by atoms with E-state index < -0.39 is 0 Å². The smallest absolute Gasteiger partial charge is 0.233 e. The van der Waals surface area contributed by atoms with Gasteiger partial charge in [-0.1, -0.05) is 24.9 Å². The van der Waals surface area contributed by atoms with Crippen LogP contribution < -0.4 is 10.6 Å². The minimum absolute atomic E-state index is 0.0244. The summed E-state index contributed by atoms with van der Waals surface area (Å²) in [6.07, 6.45) is 5.16. The first kappa shape index (κ1) is 14.2. The van der Waals surface area contributed by atoms with Crippen LogP contribution in [0.5, 0.6) is 0 Å². The van der Waals surface area contributed by atoms with E-state index in [1.165, 1.54) is 6.33 Å². The van der Waals surface area contributed by atoms with E-state index in [-0.39, 0.29) is 11.3 Å². The van der Waals surface area contributed by atoms with Crippen molar-refractivity contribution in [1.82, 2.24) is 15.3 Å². The fourth-order valence-electron chi connectivity index (χ4n) is 2.62. The highest BCUT2D eigenvalue weighted by atomic mass is 35.5. The zero-order valence-electron chi connectivity index (χ0n) is 11.1. The van der Waals surface area contributed by atoms with Crippen molar-refractivity contribution in [2.45, 2.75) is 32.6 Å². The lowest BCUT2D eigenvalue weighted by atomic mass is 9.76. The van der Waals surface area contributed by atoms with E-state index in [1.807, 2.05) is 0 Å². The van der Waals surface area contributed by atoms with Crippen LogP contribution in [-0.4, -0.2) is 29.0 Å². The van der Waals surface area contributed by atoms with Gasteiger partial charge >= 0.3 is 0 Å². The van der Waals surface area contributed by atoms with Gasteiger partial charge in [0.15, 0.2) is 0 Å².